The molecule has 2 rings (SSSR count). The number of benzene rings is 2. The van der Waals surface area contributed by atoms with Crippen LogP contribution in [0.3, 0.4) is 0 Å². The molecule has 0 saturated heterocycles. The zero-order valence-corrected chi connectivity index (χ0v) is 13.3. The van der Waals surface area contributed by atoms with E-state index in [1.165, 1.54) is 12.1 Å². The van der Waals surface area contributed by atoms with Gasteiger partial charge in [-0.25, -0.2) is 4.39 Å². The molecule has 5 nitrogen and oxygen atoms in total. The molecule has 2 aromatic rings. The van der Waals surface area contributed by atoms with Crippen LogP contribution in [0.5, 0.6) is 11.5 Å². The SMILES string of the molecule is OCCNCC(O)COc1cccc(OCc2ccc(F)cc2)c1. The summed E-state index contributed by atoms with van der Waals surface area (Å²) in [5.74, 6) is 0.943. The average Bonchev–Trinajstić information content (AvgIpc) is 2.60. The van der Waals surface area contributed by atoms with Crippen molar-refractivity contribution in [2.75, 3.05) is 26.3 Å². The maximum atomic E-state index is 12.9. The largest absolute Gasteiger partial charge is 0.491 e. The molecule has 0 aliphatic heterocycles. The van der Waals surface area contributed by atoms with Crippen molar-refractivity contribution in [3.63, 3.8) is 0 Å². The highest BCUT2D eigenvalue weighted by Gasteiger charge is 2.05. The number of aliphatic hydroxyl groups excluding tert-OH is 2. The van der Waals surface area contributed by atoms with Crippen LogP contribution in [-0.4, -0.2) is 42.6 Å². The monoisotopic (exact) mass is 335 g/mol. The summed E-state index contributed by atoms with van der Waals surface area (Å²) in [6.45, 7) is 1.28. The summed E-state index contributed by atoms with van der Waals surface area (Å²) in [6.07, 6.45) is -0.666. The molecule has 6 heteroatoms. The van der Waals surface area contributed by atoms with Gasteiger partial charge >= 0.3 is 0 Å². The fourth-order valence-corrected chi connectivity index (χ4v) is 2.00. The van der Waals surface area contributed by atoms with Gasteiger partial charge in [-0.1, -0.05) is 18.2 Å². The lowest BCUT2D eigenvalue weighted by molar-refractivity contribution is 0.105. The number of aliphatic hydroxyl groups is 2. The second-order valence-electron chi connectivity index (χ2n) is 5.28. The molecule has 1 atom stereocenters. The Kier molecular flexibility index (Phi) is 7.48. The highest BCUT2D eigenvalue weighted by molar-refractivity contribution is 5.33. The third-order valence-corrected chi connectivity index (χ3v) is 3.24. The first kappa shape index (κ1) is 18.2. The highest BCUT2D eigenvalue weighted by Crippen LogP contribution is 2.20. The van der Waals surface area contributed by atoms with Crippen molar-refractivity contribution in [3.05, 3.63) is 59.9 Å². The summed E-state index contributed by atoms with van der Waals surface area (Å²) in [5.41, 5.74) is 0.869. The Labute approximate surface area is 140 Å². The molecule has 0 aliphatic rings. The number of hydrogen-bond donors (Lipinski definition) is 3. The molecule has 0 aromatic heterocycles. The molecule has 2 aromatic carbocycles. The Hall–Kier alpha value is -2.15. The topological polar surface area (TPSA) is 71.0 Å². The van der Waals surface area contributed by atoms with E-state index in [-0.39, 0.29) is 19.0 Å². The van der Waals surface area contributed by atoms with E-state index >= 15 is 0 Å². The van der Waals surface area contributed by atoms with Crippen molar-refractivity contribution in [2.45, 2.75) is 12.7 Å². The van der Waals surface area contributed by atoms with Crippen LogP contribution < -0.4 is 14.8 Å². The van der Waals surface area contributed by atoms with Gasteiger partial charge in [-0.2, -0.15) is 0 Å². The maximum Gasteiger partial charge on any atom is 0.123 e. The summed E-state index contributed by atoms with van der Waals surface area (Å²) in [4.78, 5) is 0. The van der Waals surface area contributed by atoms with Crippen LogP contribution in [0.2, 0.25) is 0 Å². The van der Waals surface area contributed by atoms with Gasteiger partial charge in [-0.15, -0.1) is 0 Å². The summed E-state index contributed by atoms with van der Waals surface area (Å²) in [6, 6.07) is 13.2. The molecular weight excluding hydrogens is 313 g/mol. The van der Waals surface area contributed by atoms with E-state index in [1.54, 1.807) is 36.4 Å². The van der Waals surface area contributed by atoms with Gasteiger partial charge in [0.2, 0.25) is 0 Å². The molecule has 3 N–H and O–H groups in total. The van der Waals surface area contributed by atoms with Crippen LogP contribution in [-0.2, 0) is 6.61 Å². The zero-order valence-electron chi connectivity index (χ0n) is 13.3. The summed E-state index contributed by atoms with van der Waals surface area (Å²) >= 11 is 0. The molecule has 0 bridgehead atoms. The lowest BCUT2D eigenvalue weighted by atomic mass is 10.2. The minimum Gasteiger partial charge on any atom is -0.491 e. The molecule has 0 saturated carbocycles. The number of hydrogen-bond acceptors (Lipinski definition) is 5. The van der Waals surface area contributed by atoms with Crippen molar-refractivity contribution in [2.24, 2.45) is 0 Å². The quantitative estimate of drug-likeness (QED) is 0.577. The van der Waals surface area contributed by atoms with Gasteiger partial charge in [0.15, 0.2) is 0 Å². The summed E-state index contributed by atoms with van der Waals surface area (Å²) < 4.78 is 24.0. The first-order valence-electron chi connectivity index (χ1n) is 7.77. The Morgan fingerprint density at radius 1 is 1.04 bits per heavy atom. The molecular formula is C18H22FNO4. The first-order chi connectivity index (χ1) is 11.7. The fourth-order valence-electron chi connectivity index (χ4n) is 2.00. The van der Waals surface area contributed by atoms with Crippen LogP contribution in [0.25, 0.3) is 0 Å². The lowest BCUT2D eigenvalue weighted by Crippen LogP contribution is -2.32. The molecule has 1 unspecified atom stereocenters. The molecule has 0 spiro atoms. The predicted molar refractivity (Wildman–Crippen MR) is 88.6 cm³/mol. The van der Waals surface area contributed by atoms with Gasteiger partial charge < -0.3 is 25.0 Å². The van der Waals surface area contributed by atoms with Gasteiger partial charge in [0.25, 0.3) is 0 Å². The van der Waals surface area contributed by atoms with Crippen molar-refractivity contribution >= 4 is 0 Å². The first-order valence-corrected chi connectivity index (χ1v) is 7.77. The molecule has 130 valence electrons. The third kappa shape index (κ3) is 6.54. The van der Waals surface area contributed by atoms with Gasteiger partial charge in [-0.3, -0.25) is 0 Å². The van der Waals surface area contributed by atoms with Crippen LogP contribution in [0.15, 0.2) is 48.5 Å². The minimum absolute atomic E-state index is 0.0288. The molecule has 0 radical (unpaired) electrons. The Morgan fingerprint density at radius 2 is 1.75 bits per heavy atom. The van der Waals surface area contributed by atoms with E-state index in [2.05, 4.69) is 5.32 Å². The molecule has 0 heterocycles. The van der Waals surface area contributed by atoms with Crippen LogP contribution in [0.1, 0.15) is 5.56 Å². The van der Waals surface area contributed by atoms with Crippen LogP contribution in [0.4, 0.5) is 4.39 Å². The Morgan fingerprint density at radius 3 is 2.46 bits per heavy atom. The van der Waals surface area contributed by atoms with Gasteiger partial charge in [0.1, 0.15) is 36.6 Å². The minimum atomic E-state index is -0.666. The van der Waals surface area contributed by atoms with Crippen molar-refractivity contribution in [1.29, 1.82) is 0 Å². The van der Waals surface area contributed by atoms with Crippen LogP contribution in [0, 0.1) is 5.82 Å². The normalized spacial score (nSPS) is 12.0. The molecule has 0 aliphatic carbocycles. The number of halogens is 1. The zero-order chi connectivity index (χ0) is 17.2. The fraction of sp³-hybridized carbons (Fsp3) is 0.333. The van der Waals surface area contributed by atoms with E-state index in [1.807, 2.05) is 0 Å². The van der Waals surface area contributed by atoms with E-state index in [4.69, 9.17) is 14.6 Å². The van der Waals surface area contributed by atoms with Crippen molar-refractivity contribution < 1.29 is 24.1 Å². The average molecular weight is 335 g/mol. The second-order valence-corrected chi connectivity index (χ2v) is 5.28. The number of rotatable bonds is 10. The maximum absolute atomic E-state index is 12.9. The Bertz CT molecular complexity index is 606. The highest BCUT2D eigenvalue weighted by atomic mass is 19.1. The van der Waals surface area contributed by atoms with Crippen molar-refractivity contribution in [1.82, 2.24) is 5.32 Å². The van der Waals surface area contributed by atoms with E-state index < -0.39 is 6.10 Å². The molecule has 0 amide bonds. The van der Waals surface area contributed by atoms with E-state index in [9.17, 15) is 9.50 Å². The lowest BCUT2D eigenvalue weighted by Gasteiger charge is -2.14. The second kappa shape index (κ2) is 9.87. The van der Waals surface area contributed by atoms with Gasteiger partial charge in [0, 0.05) is 19.2 Å². The number of ether oxygens (including phenoxy) is 2. The standard InChI is InChI=1S/C18H22FNO4/c19-15-6-4-14(5-7-15)12-23-17-2-1-3-18(10-17)24-13-16(22)11-20-8-9-21/h1-7,10,16,20-22H,8-9,11-13H2. The number of nitrogens with one attached hydrogen (secondary N) is 1. The molecule has 24 heavy (non-hydrogen) atoms. The van der Waals surface area contributed by atoms with E-state index in [0.717, 1.165) is 5.56 Å². The molecule has 0 fully saturated rings. The summed E-state index contributed by atoms with van der Waals surface area (Å²) in [7, 11) is 0. The van der Waals surface area contributed by atoms with Crippen LogP contribution >= 0.6 is 0 Å². The Balaban J connectivity index is 1.79. The summed E-state index contributed by atoms with van der Waals surface area (Å²) in [5, 5.41) is 21.3. The van der Waals surface area contributed by atoms with E-state index in [0.29, 0.717) is 31.2 Å². The van der Waals surface area contributed by atoms with Gasteiger partial charge in [-0.05, 0) is 29.8 Å². The van der Waals surface area contributed by atoms with Gasteiger partial charge in [0.05, 0.1) is 6.61 Å². The predicted octanol–water partition coefficient (Wildman–Crippen LogP) is 1.73. The third-order valence-electron chi connectivity index (χ3n) is 3.24. The smallest absolute Gasteiger partial charge is 0.123 e. The van der Waals surface area contributed by atoms with Crippen molar-refractivity contribution in [3.8, 4) is 11.5 Å².